The minimum atomic E-state index is 0.664. The summed E-state index contributed by atoms with van der Waals surface area (Å²) in [6.45, 7) is 0.917. The van der Waals surface area contributed by atoms with Crippen molar-refractivity contribution in [2.45, 2.75) is 12.8 Å². The topological polar surface area (TPSA) is 18.8 Å². The van der Waals surface area contributed by atoms with Crippen molar-refractivity contribution in [2.24, 2.45) is 10.9 Å². The van der Waals surface area contributed by atoms with Gasteiger partial charge in [0.15, 0.2) is 5.96 Å². The summed E-state index contributed by atoms with van der Waals surface area (Å²) in [5.41, 5.74) is 3.02. The molecule has 0 spiro atoms. The Bertz CT molecular complexity index is 400. The van der Waals surface area contributed by atoms with Gasteiger partial charge in [-0.1, -0.05) is 24.3 Å². The maximum absolute atomic E-state index is 4.76. The molecule has 3 heteroatoms. The molecule has 98 valence electrons. The van der Waals surface area contributed by atoms with E-state index in [4.69, 9.17) is 4.99 Å². The molecule has 0 amide bonds. The minimum absolute atomic E-state index is 0.664. The molecule has 18 heavy (non-hydrogen) atoms. The van der Waals surface area contributed by atoms with Gasteiger partial charge in [-0.2, -0.15) is 0 Å². The van der Waals surface area contributed by atoms with Crippen LogP contribution >= 0.6 is 0 Å². The van der Waals surface area contributed by atoms with Crippen molar-refractivity contribution in [3.63, 3.8) is 0 Å². The van der Waals surface area contributed by atoms with Gasteiger partial charge in [-0.3, -0.25) is 4.99 Å². The molecule has 1 aliphatic rings. The van der Waals surface area contributed by atoms with E-state index in [0.717, 1.165) is 12.5 Å². The van der Waals surface area contributed by atoms with E-state index in [1.807, 2.05) is 28.2 Å². The summed E-state index contributed by atoms with van der Waals surface area (Å²) in [5.74, 6) is 1.71. The third kappa shape index (κ3) is 2.84. The number of guanidine groups is 1. The predicted molar refractivity (Wildman–Crippen MR) is 77.0 cm³/mol. The van der Waals surface area contributed by atoms with E-state index in [-0.39, 0.29) is 0 Å². The van der Waals surface area contributed by atoms with Gasteiger partial charge in [0.25, 0.3) is 0 Å². The monoisotopic (exact) mass is 245 g/mol. The van der Waals surface area contributed by atoms with E-state index in [2.05, 4.69) is 34.1 Å². The van der Waals surface area contributed by atoms with Crippen molar-refractivity contribution >= 4 is 5.96 Å². The molecule has 0 fully saturated rings. The van der Waals surface area contributed by atoms with Gasteiger partial charge in [0.1, 0.15) is 0 Å². The zero-order valence-corrected chi connectivity index (χ0v) is 11.8. The van der Waals surface area contributed by atoms with Crippen LogP contribution in [0.2, 0.25) is 0 Å². The van der Waals surface area contributed by atoms with Crippen LogP contribution in [0.5, 0.6) is 0 Å². The first-order chi connectivity index (χ1) is 8.58. The third-order valence-corrected chi connectivity index (χ3v) is 3.43. The fourth-order valence-electron chi connectivity index (χ4n) is 2.67. The molecule has 0 atom stereocenters. The summed E-state index contributed by atoms with van der Waals surface area (Å²) in [6.07, 6.45) is 2.35. The van der Waals surface area contributed by atoms with Crippen LogP contribution in [0.3, 0.4) is 0 Å². The molecule has 0 saturated carbocycles. The molecular weight excluding hydrogens is 222 g/mol. The van der Waals surface area contributed by atoms with Crippen LogP contribution in [-0.4, -0.2) is 50.5 Å². The first-order valence-corrected chi connectivity index (χ1v) is 6.54. The molecule has 2 rings (SSSR count). The van der Waals surface area contributed by atoms with Gasteiger partial charge < -0.3 is 9.80 Å². The highest BCUT2D eigenvalue weighted by molar-refractivity contribution is 5.79. The molecule has 0 unspecified atom stereocenters. The number of fused-ring (bicyclic) bond motifs is 1. The molecule has 0 aliphatic heterocycles. The summed E-state index contributed by atoms with van der Waals surface area (Å²) in [5, 5.41) is 0. The van der Waals surface area contributed by atoms with Gasteiger partial charge in [-0.15, -0.1) is 0 Å². The number of hydrogen-bond acceptors (Lipinski definition) is 1. The van der Waals surface area contributed by atoms with Crippen LogP contribution < -0.4 is 0 Å². The highest BCUT2D eigenvalue weighted by Gasteiger charge is 2.20. The second kappa shape index (κ2) is 5.42. The molecule has 1 aliphatic carbocycles. The average Bonchev–Trinajstić information content (AvgIpc) is 2.70. The van der Waals surface area contributed by atoms with Crippen LogP contribution in [-0.2, 0) is 12.8 Å². The van der Waals surface area contributed by atoms with Crippen LogP contribution in [0.25, 0.3) is 0 Å². The molecule has 3 nitrogen and oxygen atoms in total. The molecule has 0 radical (unpaired) electrons. The zero-order valence-electron chi connectivity index (χ0n) is 11.8. The van der Waals surface area contributed by atoms with Crippen molar-refractivity contribution in [3.8, 4) is 0 Å². The molecule has 1 aromatic rings. The Balaban J connectivity index is 1.99. The molecule has 0 bridgehead atoms. The van der Waals surface area contributed by atoms with Crippen molar-refractivity contribution in [2.75, 3.05) is 34.7 Å². The summed E-state index contributed by atoms with van der Waals surface area (Å²) in [6, 6.07) is 8.76. The lowest BCUT2D eigenvalue weighted by Crippen LogP contribution is -2.35. The van der Waals surface area contributed by atoms with Crippen molar-refractivity contribution in [1.82, 2.24) is 9.80 Å². The average molecular weight is 245 g/mol. The number of rotatable bonds is 2. The fourth-order valence-corrected chi connectivity index (χ4v) is 2.67. The summed E-state index contributed by atoms with van der Waals surface area (Å²) in [4.78, 5) is 8.90. The second-order valence-corrected chi connectivity index (χ2v) is 5.47. The van der Waals surface area contributed by atoms with Crippen LogP contribution in [0.15, 0.2) is 29.3 Å². The van der Waals surface area contributed by atoms with Gasteiger partial charge in [-0.05, 0) is 29.9 Å². The molecule has 0 heterocycles. The number of benzene rings is 1. The van der Waals surface area contributed by atoms with E-state index in [1.165, 1.54) is 24.0 Å². The smallest absolute Gasteiger partial charge is 0.195 e. The van der Waals surface area contributed by atoms with E-state index in [1.54, 1.807) is 0 Å². The third-order valence-electron chi connectivity index (χ3n) is 3.43. The molecule has 0 N–H and O–H groups in total. The summed E-state index contributed by atoms with van der Waals surface area (Å²) >= 11 is 0. The van der Waals surface area contributed by atoms with Gasteiger partial charge in [-0.25, -0.2) is 0 Å². The van der Waals surface area contributed by atoms with Gasteiger partial charge in [0.2, 0.25) is 0 Å². The number of aliphatic imine (C=N–C) groups is 1. The normalized spacial score (nSPS) is 14.2. The number of hydrogen-bond donors (Lipinski definition) is 0. The summed E-state index contributed by atoms with van der Waals surface area (Å²) < 4.78 is 0. The van der Waals surface area contributed by atoms with Gasteiger partial charge >= 0.3 is 0 Å². The van der Waals surface area contributed by atoms with Crippen LogP contribution in [0, 0.1) is 5.92 Å². The van der Waals surface area contributed by atoms with E-state index >= 15 is 0 Å². The fraction of sp³-hybridized carbons (Fsp3) is 0.533. The lowest BCUT2D eigenvalue weighted by Gasteiger charge is -2.23. The maximum atomic E-state index is 4.76. The van der Waals surface area contributed by atoms with Crippen LogP contribution in [0.4, 0.5) is 0 Å². The van der Waals surface area contributed by atoms with Crippen molar-refractivity contribution < 1.29 is 0 Å². The molecule has 1 aromatic carbocycles. The van der Waals surface area contributed by atoms with Gasteiger partial charge in [0.05, 0.1) is 0 Å². The van der Waals surface area contributed by atoms with E-state index in [9.17, 15) is 0 Å². The first kappa shape index (κ1) is 12.9. The Hall–Kier alpha value is -1.51. The van der Waals surface area contributed by atoms with Crippen molar-refractivity contribution in [1.29, 1.82) is 0 Å². The highest BCUT2D eigenvalue weighted by Crippen LogP contribution is 2.26. The van der Waals surface area contributed by atoms with Crippen LogP contribution in [0.1, 0.15) is 11.1 Å². The quantitative estimate of drug-likeness (QED) is 0.585. The lowest BCUT2D eigenvalue weighted by molar-refractivity contribution is 0.470. The largest absolute Gasteiger partial charge is 0.349 e. The minimum Gasteiger partial charge on any atom is -0.349 e. The Labute approximate surface area is 110 Å². The SMILES string of the molecule is CN(C)C(=NCC1Cc2ccccc2C1)N(C)C. The van der Waals surface area contributed by atoms with Gasteiger partial charge in [0, 0.05) is 34.7 Å². The highest BCUT2D eigenvalue weighted by atomic mass is 15.3. The Kier molecular flexibility index (Phi) is 3.90. The summed E-state index contributed by atoms with van der Waals surface area (Å²) in [7, 11) is 8.18. The number of nitrogens with zero attached hydrogens (tertiary/aromatic N) is 3. The predicted octanol–water partition coefficient (Wildman–Crippen LogP) is 1.88. The molecular formula is C15H23N3. The first-order valence-electron chi connectivity index (χ1n) is 6.54. The van der Waals surface area contributed by atoms with Crippen molar-refractivity contribution in [3.05, 3.63) is 35.4 Å². The Morgan fingerprint density at radius 2 is 1.56 bits per heavy atom. The molecule has 0 saturated heterocycles. The molecule has 0 aromatic heterocycles. The maximum Gasteiger partial charge on any atom is 0.195 e. The van der Waals surface area contributed by atoms with E-state index < -0.39 is 0 Å². The Morgan fingerprint density at radius 3 is 2.00 bits per heavy atom. The van der Waals surface area contributed by atoms with E-state index in [0.29, 0.717) is 5.92 Å². The zero-order chi connectivity index (χ0) is 13.1. The standard InChI is InChI=1S/C15H23N3/c1-17(2)15(18(3)4)16-11-12-9-13-7-5-6-8-14(13)10-12/h5-8,12H,9-11H2,1-4H3. The Morgan fingerprint density at radius 1 is 1.06 bits per heavy atom. The second-order valence-electron chi connectivity index (χ2n) is 5.47. The lowest BCUT2D eigenvalue weighted by atomic mass is 10.1.